The molecule has 27 heavy (non-hydrogen) atoms. The number of carbonyl (C=O) groups excluding carboxylic acids is 1. The maximum Gasteiger partial charge on any atom is 0.270 e. The molecular weight excluding hydrogens is 364 g/mol. The summed E-state index contributed by atoms with van der Waals surface area (Å²) in [5, 5.41) is 1.61. The van der Waals surface area contributed by atoms with Crippen molar-refractivity contribution in [3.8, 4) is 0 Å². The Labute approximate surface area is 162 Å². The van der Waals surface area contributed by atoms with E-state index in [0.29, 0.717) is 30.4 Å². The van der Waals surface area contributed by atoms with Crippen LogP contribution < -0.4 is 5.56 Å². The van der Waals surface area contributed by atoms with Gasteiger partial charge in [-0.25, -0.2) is 0 Å². The van der Waals surface area contributed by atoms with Gasteiger partial charge in [0.2, 0.25) is 0 Å². The number of nitrogens with one attached hydrogen (secondary N) is 1. The lowest BCUT2D eigenvalue weighted by molar-refractivity contribution is 0.0628. The maximum absolute atomic E-state index is 12.8. The average Bonchev–Trinajstić information content (AvgIpc) is 3.13. The van der Waals surface area contributed by atoms with Gasteiger partial charge in [0.25, 0.3) is 11.5 Å². The Morgan fingerprint density at radius 2 is 1.81 bits per heavy atom. The number of halogens is 1. The molecule has 2 aromatic heterocycles. The third kappa shape index (κ3) is 3.91. The number of carbonyl (C=O) groups is 1. The lowest BCUT2D eigenvalue weighted by Gasteiger charge is -2.34. The molecule has 7 heteroatoms. The lowest BCUT2D eigenvalue weighted by Crippen LogP contribution is -2.49. The number of pyridine rings is 1. The van der Waals surface area contributed by atoms with Crippen LogP contribution in [0.2, 0.25) is 5.02 Å². The van der Waals surface area contributed by atoms with Gasteiger partial charge in [0.1, 0.15) is 5.69 Å². The van der Waals surface area contributed by atoms with E-state index in [0.717, 1.165) is 30.5 Å². The van der Waals surface area contributed by atoms with Crippen LogP contribution in [0.4, 0.5) is 0 Å². The lowest BCUT2D eigenvalue weighted by atomic mass is 10.2. The van der Waals surface area contributed by atoms with E-state index < -0.39 is 0 Å². The molecule has 0 unspecified atom stereocenters. The molecular formula is C20H21ClN4O2. The largest absolute Gasteiger partial charge is 0.351 e. The highest BCUT2D eigenvalue weighted by molar-refractivity contribution is 6.30. The van der Waals surface area contributed by atoms with E-state index >= 15 is 0 Å². The molecule has 0 spiro atoms. The van der Waals surface area contributed by atoms with Crippen LogP contribution >= 0.6 is 11.6 Å². The molecule has 1 aromatic carbocycles. The summed E-state index contributed by atoms with van der Waals surface area (Å²) in [6.45, 7) is 4.30. The molecule has 0 atom stereocenters. The Morgan fingerprint density at radius 1 is 1.04 bits per heavy atom. The maximum atomic E-state index is 12.8. The van der Waals surface area contributed by atoms with Crippen LogP contribution in [-0.2, 0) is 6.54 Å². The summed E-state index contributed by atoms with van der Waals surface area (Å²) < 4.78 is 1.63. The Kier molecular flexibility index (Phi) is 5.01. The van der Waals surface area contributed by atoms with Crippen molar-refractivity contribution in [2.24, 2.45) is 0 Å². The van der Waals surface area contributed by atoms with E-state index in [2.05, 4.69) is 9.88 Å². The van der Waals surface area contributed by atoms with E-state index in [9.17, 15) is 9.59 Å². The number of piperazine rings is 1. The Hall–Kier alpha value is -2.57. The highest BCUT2D eigenvalue weighted by Gasteiger charge is 2.23. The second-order valence-electron chi connectivity index (χ2n) is 6.78. The number of para-hydroxylation sites is 1. The van der Waals surface area contributed by atoms with Crippen molar-refractivity contribution in [2.45, 2.75) is 6.54 Å². The number of hydrogen-bond acceptors (Lipinski definition) is 3. The molecule has 1 N–H and O–H groups in total. The van der Waals surface area contributed by atoms with Crippen molar-refractivity contribution < 1.29 is 4.79 Å². The number of fused-ring (bicyclic) bond motifs is 1. The summed E-state index contributed by atoms with van der Waals surface area (Å²) >= 11 is 5.96. The first-order valence-electron chi connectivity index (χ1n) is 9.05. The van der Waals surface area contributed by atoms with Gasteiger partial charge in [0.15, 0.2) is 0 Å². The monoisotopic (exact) mass is 384 g/mol. The van der Waals surface area contributed by atoms with Gasteiger partial charge in [0.05, 0.1) is 5.02 Å². The minimum atomic E-state index is -0.0491. The minimum absolute atomic E-state index is 0.0388. The van der Waals surface area contributed by atoms with Crippen molar-refractivity contribution >= 4 is 28.4 Å². The Bertz CT molecular complexity index is 985. The summed E-state index contributed by atoms with van der Waals surface area (Å²) in [5.41, 5.74) is 1.56. The summed E-state index contributed by atoms with van der Waals surface area (Å²) in [6, 6.07) is 12.9. The molecule has 1 saturated heterocycles. The van der Waals surface area contributed by atoms with Gasteiger partial charge >= 0.3 is 0 Å². The SMILES string of the molecule is O=C(c1cc2ccccc2[nH]1)N1CCN(CCn2cc(Cl)ccc2=O)CC1. The minimum Gasteiger partial charge on any atom is -0.351 e. The number of rotatable bonds is 4. The first kappa shape index (κ1) is 17.8. The van der Waals surface area contributed by atoms with Crippen molar-refractivity contribution in [2.75, 3.05) is 32.7 Å². The molecule has 0 aliphatic carbocycles. The predicted molar refractivity (Wildman–Crippen MR) is 106 cm³/mol. The van der Waals surface area contributed by atoms with Gasteiger partial charge in [-0.3, -0.25) is 14.5 Å². The third-order valence-corrected chi connectivity index (χ3v) is 5.25. The van der Waals surface area contributed by atoms with Gasteiger partial charge in [-0.05, 0) is 18.2 Å². The standard InChI is InChI=1S/C20H21ClN4O2/c21-16-5-6-19(26)25(14-16)12-9-23-7-10-24(11-8-23)20(27)18-13-15-3-1-2-4-17(15)22-18/h1-6,13-14,22H,7-12H2. The van der Waals surface area contributed by atoms with Crippen LogP contribution in [0, 0.1) is 0 Å². The number of nitrogens with zero attached hydrogens (tertiary/aromatic N) is 3. The molecule has 0 saturated carbocycles. The van der Waals surface area contributed by atoms with Gasteiger partial charge < -0.3 is 14.5 Å². The van der Waals surface area contributed by atoms with Crippen LogP contribution in [0.1, 0.15) is 10.5 Å². The van der Waals surface area contributed by atoms with Crippen molar-refractivity contribution in [1.29, 1.82) is 0 Å². The van der Waals surface area contributed by atoms with Crippen LogP contribution in [0.15, 0.2) is 53.5 Å². The molecule has 6 nitrogen and oxygen atoms in total. The molecule has 0 radical (unpaired) electrons. The number of amides is 1. The zero-order valence-electron chi connectivity index (χ0n) is 14.9. The highest BCUT2D eigenvalue weighted by Crippen LogP contribution is 2.17. The van der Waals surface area contributed by atoms with Crippen LogP contribution in [0.25, 0.3) is 10.9 Å². The van der Waals surface area contributed by atoms with E-state index in [1.54, 1.807) is 16.8 Å². The normalized spacial score (nSPS) is 15.4. The number of benzene rings is 1. The van der Waals surface area contributed by atoms with E-state index in [1.807, 2.05) is 35.2 Å². The van der Waals surface area contributed by atoms with Crippen molar-refractivity contribution in [3.63, 3.8) is 0 Å². The summed E-state index contributed by atoms with van der Waals surface area (Å²) in [4.78, 5) is 32.0. The fourth-order valence-electron chi connectivity index (χ4n) is 3.46. The van der Waals surface area contributed by atoms with Crippen molar-refractivity contribution in [1.82, 2.24) is 19.4 Å². The molecule has 1 fully saturated rings. The number of H-pyrrole nitrogens is 1. The third-order valence-electron chi connectivity index (χ3n) is 5.02. The van der Waals surface area contributed by atoms with Crippen LogP contribution in [0.3, 0.4) is 0 Å². The first-order chi connectivity index (χ1) is 13.1. The second kappa shape index (κ2) is 7.58. The number of aromatic amines is 1. The molecule has 1 aliphatic rings. The summed E-state index contributed by atoms with van der Waals surface area (Å²) in [5.74, 6) is 0.0388. The number of aromatic nitrogens is 2. The zero-order valence-corrected chi connectivity index (χ0v) is 15.7. The van der Waals surface area contributed by atoms with Gasteiger partial charge in [0, 0.05) is 62.4 Å². The fourth-order valence-corrected chi connectivity index (χ4v) is 3.64. The molecule has 4 rings (SSSR count). The summed E-state index contributed by atoms with van der Waals surface area (Å²) in [7, 11) is 0. The average molecular weight is 385 g/mol. The smallest absolute Gasteiger partial charge is 0.270 e. The molecule has 140 valence electrons. The van der Waals surface area contributed by atoms with Gasteiger partial charge in [-0.2, -0.15) is 0 Å². The topological polar surface area (TPSA) is 61.3 Å². The summed E-state index contributed by atoms with van der Waals surface area (Å²) in [6.07, 6.45) is 1.67. The van der Waals surface area contributed by atoms with Crippen molar-refractivity contribution in [3.05, 3.63) is 69.7 Å². The van der Waals surface area contributed by atoms with E-state index in [-0.39, 0.29) is 11.5 Å². The fraction of sp³-hybridized carbons (Fsp3) is 0.300. The molecule has 3 heterocycles. The molecule has 0 bridgehead atoms. The predicted octanol–water partition coefficient (Wildman–Crippen LogP) is 2.44. The Balaban J connectivity index is 1.33. The highest BCUT2D eigenvalue weighted by atomic mass is 35.5. The first-order valence-corrected chi connectivity index (χ1v) is 9.43. The van der Waals surface area contributed by atoms with Crippen LogP contribution in [-0.4, -0.2) is 58.0 Å². The number of hydrogen-bond donors (Lipinski definition) is 1. The zero-order chi connectivity index (χ0) is 18.8. The van der Waals surface area contributed by atoms with Gasteiger partial charge in [-0.15, -0.1) is 0 Å². The second-order valence-corrected chi connectivity index (χ2v) is 7.22. The quantitative estimate of drug-likeness (QED) is 0.751. The van der Waals surface area contributed by atoms with Gasteiger partial charge in [-0.1, -0.05) is 29.8 Å². The molecule has 1 amide bonds. The van der Waals surface area contributed by atoms with E-state index in [1.165, 1.54) is 6.07 Å². The van der Waals surface area contributed by atoms with Crippen LogP contribution in [0.5, 0.6) is 0 Å². The van der Waals surface area contributed by atoms with E-state index in [4.69, 9.17) is 11.6 Å². The molecule has 1 aliphatic heterocycles. The molecule has 3 aromatic rings. The Morgan fingerprint density at radius 3 is 2.59 bits per heavy atom.